The highest BCUT2D eigenvalue weighted by Crippen LogP contribution is 2.38. The zero-order valence-corrected chi connectivity index (χ0v) is 10.8. The predicted molar refractivity (Wildman–Crippen MR) is 69.8 cm³/mol. The standard InChI is InChI=1S/C12H21N5/c1-4-5-9-14-10(16-12(3)6-7-12)8(2)11(15-9)17-13/h4-7,13H2,1-3H3,(H2,14,15,16,17). The quantitative estimate of drug-likeness (QED) is 0.537. The second kappa shape index (κ2) is 4.49. The van der Waals surface area contributed by atoms with E-state index in [2.05, 4.69) is 34.6 Å². The fourth-order valence-corrected chi connectivity index (χ4v) is 1.76. The summed E-state index contributed by atoms with van der Waals surface area (Å²) in [5.41, 5.74) is 3.85. The number of hydrogen-bond acceptors (Lipinski definition) is 5. The molecule has 1 aromatic heterocycles. The van der Waals surface area contributed by atoms with Gasteiger partial charge in [0, 0.05) is 17.5 Å². The van der Waals surface area contributed by atoms with Crippen molar-refractivity contribution in [3.8, 4) is 0 Å². The van der Waals surface area contributed by atoms with Crippen molar-refractivity contribution in [2.24, 2.45) is 5.84 Å². The molecule has 0 atom stereocenters. The minimum Gasteiger partial charge on any atom is -0.365 e. The van der Waals surface area contributed by atoms with Crippen molar-refractivity contribution >= 4 is 11.6 Å². The van der Waals surface area contributed by atoms with Gasteiger partial charge >= 0.3 is 0 Å². The lowest BCUT2D eigenvalue weighted by atomic mass is 10.2. The summed E-state index contributed by atoms with van der Waals surface area (Å²) < 4.78 is 0. The molecule has 0 unspecified atom stereocenters. The molecule has 1 saturated carbocycles. The highest BCUT2D eigenvalue weighted by molar-refractivity contribution is 5.58. The summed E-state index contributed by atoms with van der Waals surface area (Å²) >= 11 is 0. The van der Waals surface area contributed by atoms with Crippen molar-refractivity contribution in [2.75, 3.05) is 10.7 Å². The molecule has 0 spiro atoms. The van der Waals surface area contributed by atoms with Crippen molar-refractivity contribution < 1.29 is 0 Å². The first kappa shape index (κ1) is 12.1. The molecule has 2 rings (SSSR count). The van der Waals surface area contributed by atoms with Gasteiger partial charge in [0.25, 0.3) is 0 Å². The normalized spacial score (nSPS) is 16.7. The van der Waals surface area contributed by atoms with Crippen molar-refractivity contribution in [3.63, 3.8) is 0 Å². The van der Waals surface area contributed by atoms with Crippen LogP contribution in [0.15, 0.2) is 0 Å². The molecule has 0 amide bonds. The molecule has 0 saturated heterocycles. The Labute approximate surface area is 102 Å². The number of nitrogens with one attached hydrogen (secondary N) is 2. The average molecular weight is 235 g/mol. The summed E-state index contributed by atoms with van der Waals surface area (Å²) in [6.07, 6.45) is 4.31. The lowest BCUT2D eigenvalue weighted by Crippen LogP contribution is -2.20. The van der Waals surface area contributed by atoms with Crippen LogP contribution in [0.5, 0.6) is 0 Å². The van der Waals surface area contributed by atoms with Crippen molar-refractivity contribution in [3.05, 3.63) is 11.4 Å². The van der Waals surface area contributed by atoms with Gasteiger partial charge < -0.3 is 10.7 Å². The van der Waals surface area contributed by atoms with E-state index in [1.807, 2.05) is 6.92 Å². The van der Waals surface area contributed by atoms with E-state index in [0.717, 1.165) is 35.9 Å². The molecule has 1 heterocycles. The van der Waals surface area contributed by atoms with Gasteiger partial charge in [-0.3, -0.25) is 0 Å². The molecular weight excluding hydrogens is 214 g/mol. The molecule has 17 heavy (non-hydrogen) atoms. The van der Waals surface area contributed by atoms with Crippen LogP contribution in [0.2, 0.25) is 0 Å². The third-order valence-electron chi connectivity index (χ3n) is 3.22. The Balaban J connectivity index is 2.30. The summed E-state index contributed by atoms with van der Waals surface area (Å²) in [6.45, 7) is 6.32. The molecule has 5 heteroatoms. The van der Waals surface area contributed by atoms with E-state index >= 15 is 0 Å². The second-order valence-electron chi connectivity index (χ2n) is 5.04. The van der Waals surface area contributed by atoms with Crippen molar-refractivity contribution in [1.29, 1.82) is 0 Å². The van der Waals surface area contributed by atoms with Crippen LogP contribution in [-0.2, 0) is 6.42 Å². The van der Waals surface area contributed by atoms with Gasteiger partial charge in [0.05, 0.1) is 0 Å². The number of rotatable bonds is 5. The van der Waals surface area contributed by atoms with Gasteiger partial charge in [-0.25, -0.2) is 15.8 Å². The summed E-state index contributed by atoms with van der Waals surface area (Å²) in [6, 6.07) is 0. The third kappa shape index (κ3) is 2.66. The molecule has 1 aromatic rings. The predicted octanol–water partition coefficient (Wildman–Crippen LogP) is 1.99. The number of anilines is 2. The van der Waals surface area contributed by atoms with Crippen LogP contribution < -0.4 is 16.6 Å². The van der Waals surface area contributed by atoms with Gasteiger partial charge in [-0.05, 0) is 33.1 Å². The summed E-state index contributed by atoms with van der Waals surface area (Å²) in [4.78, 5) is 8.98. The monoisotopic (exact) mass is 235 g/mol. The average Bonchev–Trinajstić information content (AvgIpc) is 3.01. The molecular formula is C12H21N5. The highest BCUT2D eigenvalue weighted by Gasteiger charge is 2.38. The Morgan fingerprint density at radius 2 is 1.94 bits per heavy atom. The van der Waals surface area contributed by atoms with Crippen molar-refractivity contribution in [1.82, 2.24) is 9.97 Å². The topological polar surface area (TPSA) is 75.9 Å². The summed E-state index contributed by atoms with van der Waals surface area (Å²) in [5.74, 6) is 7.97. The van der Waals surface area contributed by atoms with E-state index in [9.17, 15) is 0 Å². The number of nitrogens with zero attached hydrogens (tertiary/aromatic N) is 2. The number of aryl methyl sites for hydroxylation is 1. The van der Waals surface area contributed by atoms with Crippen LogP contribution in [0.25, 0.3) is 0 Å². The first-order valence-corrected chi connectivity index (χ1v) is 6.20. The van der Waals surface area contributed by atoms with Gasteiger partial charge in [0.2, 0.25) is 0 Å². The Morgan fingerprint density at radius 1 is 1.29 bits per heavy atom. The van der Waals surface area contributed by atoms with E-state index in [1.54, 1.807) is 0 Å². The third-order valence-corrected chi connectivity index (χ3v) is 3.22. The minimum atomic E-state index is 0.217. The number of hydrazine groups is 1. The molecule has 0 radical (unpaired) electrons. The molecule has 4 N–H and O–H groups in total. The number of nitrogens with two attached hydrogens (primary N) is 1. The minimum absolute atomic E-state index is 0.217. The summed E-state index contributed by atoms with van der Waals surface area (Å²) in [7, 11) is 0. The largest absolute Gasteiger partial charge is 0.365 e. The van der Waals surface area contributed by atoms with Crippen LogP contribution in [0.3, 0.4) is 0 Å². The number of nitrogen functional groups attached to an aromatic ring is 1. The van der Waals surface area contributed by atoms with Gasteiger partial charge in [-0.15, -0.1) is 0 Å². The maximum Gasteiger partial charge on any atom is 0.148 e. The fourth-order valence-electron chi connectivity index (χ4n) is 1.76. The Kier molecular flexibility index (Phi) is 3.19. The zero-order valence-electron chi connectivity index (χ0n) is 10.8. The molecule has 94 valence electrons. The molecule has 0 bridgehead atoms. The first-order valence-electron chi connectivity index (χ1n) is 6.20. The smallest absolute Gasteiger partial charge is 0.148 e. The van der Waals surface area contributed by atoms with Crippen LogP contribution in [0.4, 0.5) is 11.6 Å². The molecule has 0 aromatic carbocycles. The van der Waals surface area contributed by atoms with E-state index in [-0.39, 0.29) is 5.54 Å². The Bertz CT molecular complexity index is 412. The molecule has 1 fully saturated rings. The summed E-state index contributed by atoms with van der Waals surface area (Å²) in [5, 5.41) is 3.49. The molecule has 1 aliphatic carbocycles. The maximum atomic E-state index is 5.50. The number of aromatic nitrogens is 2. The molecule has 5 nitrogen and oxygen atoms in total. The van der Waals surface area contributed by atoms with Gasteiger partial charge in [0.15, 0.2) is 0 Å². The molecule has 1 aliphatic rings. The lowest BCUT2D eigenvalue weighted by molar-refractivity contribution is 0.793. The van der Waals surface area contributed by atoms with E-state index in [1.165, 1.54) is 12.8 Å². The van der Waals surface area contributed by atoms with Gasteiger partial charge in [-0.2, -0.15) is 0 Å². The van der Waals surface area contributed by atoms with E-state index < -0.39 is 0 Å². The fraction of sp³-hybridized carbons (Fsp3) is 0.667. The maximum absolute atomic E-state index is 5.50. The van der Waals surface area contributed by atoms with Gasteiger partial charge in [0.1, 0.15) is 17.5 Å². The number of hydrogen-bond donors (Lipinski definition) is 3. The Morgan fingerprint density at radius 3 is 2.47 bits per heavy atom. The first-order chi connectivity index (χ1) is 8.08. The second-order valence-corrected chi connectivity index (χ2v) is 5.04. The van der Waals surface area contributed by atoms with Crippen LogP contribution in [0.1, 0.15) is 44.5 Å². The van der Waals surface area contributed by atoms with E-state index in [0.29, 0.717) is 0 Å². The van der Waals surface area contributed by atoms with Crippen molar-refractivity contribution in [2.45, 2.75) is 52.0 Å². The van der Waals surface area contributed by atoms with Gasteiger partial charge in [-0.1, -0.05) is 6.92 Å². The van der Waals surface area contributed by atoms with Crippen LogP contribution in [-0.4, -0.2) is 15.5 Å². The van der Waals surface area contributed by atoms with Crippen LogP contribution >= 0.6 is 0 Å². The Hall–Kier alpha value is -1.36. The molecule has 0 aliphatic heterocycles. The van der Waals surface area contributed by atoms with E-state index in [4.69, 9.17) is 5.84 Å². The zero-order chi connectivity index (χ0) is 12.5. The SMILES string of the molecule is CCCc1nc(NN)c(C)c(NC2(C)CC2)n1. The lowest BCUT2D eigenvalue weighted by Gasteiger charge is -2.17. The highest BCUT2D eigenvalue weighted by atomic mass is 15.3. The van der Waals surface area contributed by atoms with Crippen LogP contribution in [0, 0.1) is 6.92 Å².